The van der Waals surface area contributed by atoms with Gasteiger partial charge in [0.2, 0.25) is 0 Å². The maximum absolute atomic E-state index is 12.8. The Labute approximate surface area is 229 Å². The predicted molar refractivity (Wildman–Crippen MR) is 140 cm³/mol. The fraction of sp³-hybridized carbons (Fsp3) is 0.259. The zero-order valence-corrected chi connectivity index (χ0v) is 23.5. The third kappa shape index (κ3) is 5.36. The number of anilines is 3. The zero-order chi connectivity index (χ0) is 25.3. The number of hydrogen-bond donors (Lipinski definition) is 2. The summed E-state index contributed by atoms with van der Waals surface area (Å²) in [6.07, 6.45) is 11.0. The van der Waals surface area contributed by atoms with E-state index in [4.69, 9.17) is 4.74 Å². The van der Waals surface area contributed by atoms with Crippen LogP contribution in [0.4, 0.5) is 17.2 Å². The van der Waals surface area contributed by atoms with Gasteiger partial charge in [-0.05, 0) is 23.8 Å². The molecule has 0 unspecified atom stereocenters. The second-order valence-corrected chi connectivity index (χ2v) is 9.13. The van der Waals surface area contributed by atoms with Crippen LogP contribution in [0.3, 0.4) is 0 Å². The molecule has 2 N–H and O–H groups in total. The third-order valence-corrected chi connectivity index (χ3v) is 6.53. The summed E-state index contributed by atoms with van der Waals surface area (Å²) in [5.74, 6) is 0.542. The molecule has 0 atom stereocenters. The molecule has 0 aliphatic carbocycles. The van der Waals surface area contributed by atoms with E-state index in [-0.39, 0.29) is 31.3 Å². The number of amides is 1. The number of pyridine rings is 1. The number of carbonyl (C=O) groups is 1. The summed E-state index contributed by atoms with van der Waals surface area (Å²) in [5, 5.41) is 6.28. The smallest absolute Gasteiger partial charge is 0.430 e. The van der Waals surface area contributed by atoms with Crippen LogP contribution in [0.25, 0.3) is 16.9 Å². The van der Waals surface area contributed by atoms with Crippen LogP contribution in [0.1, 0.15) is 29.8 Å². The summed E-state index contributed by atoms with van der Waals surface area (Å²) < 4.78 is 7.45. The normalized spacial score (nSPS) is 12.7. The SMILES string of the molecule is [CH2-]CN(C[CH-]C(C)(C)OC)c1ccc(Nc2ccc(-c3cnc4cnccn34)c3c2C(=O)NC3)nc1.[Os+2]. The van der Waals surface area contributed by atoms with Crippen molar-refractivity contribution < 1.29 is 29.3 Å². The molecule has 3 aromatic heterocycles. The van der Waals surface area contributed by atoms with Gasteiger partial charge in [-0.1, -0.05) is 25.5 Å². The van der Waals surface area contributed by atoms with Crippen LogP contribution in [-0.4, -0.2) is 51.1 Å². The molecule has 192 valence electrons. The number of aromatic nitrogens is 4. The van der Waals surface area contributed by atoms with Gasteiger partial charge in [-0.3, -0.25) is 20.6 Å². The molecule has 1 aliphatic heterocycles. The van der Waals surface area contributed by atoms with E-state index in [0.29, 0.717) is 36.7 Å². The van der Waals surface area contributed by atoms with E-state index in [0.717, 1.165) is 28.2 Å². The Morgan fingerprint density at radius 2 is 2.05 bits per heavy atom. The monoisotopic (exact) mass is 675 g/mol. The molecule has 4 aromatic rings. The molecular formula is C27H29N7O2Os. The summed E-state index contributed by atoms with van der Waals surface area (Å²) in [7, 11) is 1.70. The molecule has 1 aromatic carbocycles. The van der Waals surface area contributed by atoms with Crippen molar-refractivity contribution in [3.8, 4) is 11.3 Å². The maximum Gasteiger partial charge on any atom is 2.00 e. The van der Waals surface area contributed by atoms with Crippen LogP contribution in [0, 0.1) is 13.3 Å². The number of methoxy groups -OCH3 is 1. The molecule has 1 aliphatic rings. The van der Waals surface area contributed by atoms with Crippen molar-refractivity contribution in [3.05, 3.63) is 79.7 Å². The van der Waals surface area contributed by atoms with Crippen LogP contribution in [0.2, 0.25) is 0 Å². The van der Waals surface area contributed by atoms with Gasteiger partial charge in [0.05, 0.1) is 41.2 Å². The maximum atomic E-state index is 12.8. The number of carbonyl (C=O) groups excluding carboxylic acids is 1. The van der Waals surface area contributed by atoms with Gasteiger partial charge in [0.1, 0.15) is 5.82 Å². The van der Waals surface area contributed by atoms with Crippen molar-refractivity contribution in [2.75, 3.05) is 30.4 Å². The van der Waals surface area contributed by atoms with Crippen molar-refractivity contribution in [2.45, 2.75) is 26.0 Å². The van der Waals surface area contributed by atoms with Crippen LogP contribution < -0.4 is 15.5 Å². The van der Waals surface area contributed by atoms with Gasteiger partial charge >= 0.3 is 19.8 Å². The minimum Gasteiger partial charge on any atom is -0.430 e. The molecule has 0 saturated heterocycles. The first kappa shape index (κ1) is 26.7. The number of ether oxygens (including phenoxy) is 1. The molecule has 0 saturated carbocycles. The number of benzene rings is 1. The number of fused-ring (bicyclic) bond motifs is 2. The van der Waals surface area contributed by atoms with Gasteiger partial charge in [-0.15, -0.1) is 13.1 Å². The average molecular weight is 674 g/mol. The molecule has 1 amide bonds. The molecule has 5 rings (SSSR count). The number of imidazole rings is 1. The standard InChI is InChI=1S/C27H29N7O2.Os/c1-5-33(12-10-27(2,3)36-4)18-6-9-23(29-14-18)32-21-8-7-19(20-15-31-26(35)25(20)21)22-16-30-24-17-28-11-13-34(22)24;/h6-11,13-14,16-17H,1,5,12,15H2,2-4H3,(H,29,32)(H,31,35);/q-2;+2. The average Bonchev–Trinajstić information content (AvgIpc) is 3.50. The molecule has 4 heterocycles. The Hall–Kier alpha value is -3.34. The molecule has 0 spiro atoms. The fourth-order valence-corrected chi connectivity index (χ4v) is 4.26. The Morgan fingerprint density at radius 1 is 1.22 bits per heavy atom. The van der Waals surface area contributed by atoms with E-state index in [1.54, 1.807) is 19.5 Å². The van der Waals surface area contributed by atoms with Crippen molar-refractivity contribution in [3.63, 3.8) is 0 Å². The quantitative estimate of drug-likeness (QED) is 0.259. The minimum atomic E-state index is -0.324. The first-order chi connectivity index (χ1) is 17.4. The Bertz CT molecular complexity index is 1400. The number of hydrogen-bond acceptors (Lipinski definition) is 7. The molecule has 0 fully saturated rings. The van der Waals surface area contributed by atoms with Crippen LogP contribution in [0.15, 0.2) is 55.2 Å². The van der Waals surface area contributed by atoms with Crippen LogP contribution in [-0.2, 0) is 31.1 Å². The van der Waals surface area contributed by atoms with Crippen molar-refractivity contribution in [1.82, 2.24) is 24.7 Å². The summed E-state index contributed by atoms with van der Waals surface area (Å²) in [5.41, 5.74) is 5.52. The van der Waals surface area contributed by atoms with Crippen LogP contribution >= 0.6 is 0 Å². The van der Waals surface area contributed by atoms with Gasteiger partial charge in [-0.25, -0.2) is 9.97 Å². The largest absolute Gasteiger partial charge is 2.00 e. The molecule has 10 heteroatoms. The van der Waals surface area contributed by atoms with Gasteiger partial charge in [0.15, 0.2) is 5.65 Å². The van der Waals surface area contributed by atoms with Crippen molar-refractivity contribution in [2.24, 2.45) is 0 Å². The number of nitrogens with zero attached hydrogens (tertiary/aromatic N) is 5. The second-order valence-electron chi connectivity index (χ2n) is 9.13. The van der Waals surface area contributed by atoms with Crippen LogP contribution in [0.5, 0.6) is 0 Å². The van der Waals surface area contributed by atoms with Gasteiger partial charge in [0.25, 0.3) is 5.91 Å². The van der Waals surface area contributed by atoms with E-state index in [9.17, 15) is 4.79 Å². The van der Waals surface area contributed by atoms with Crippen molar-refractivity contribution >= 4 is 28.7 Å². The summed E-state index contributed by atoms with van der Waals surface area (Å²) in [6.45, 7) is 9.82. The Morgan fingerprint density at radius 3 is 2.78 bits per heavy atom. The topological polar surface area (TPSA) is 96.7 Å². The predicted octanol–water partition coefficient (Wildman–Crippen LogP) is 4.05. The van der Waals surface area contributed by atoms with Gasteiger partial charge in [-0.2, -0.15) is 0 Å². The summed E-state index contributed by atoms with van der Waals surface area (Å²) >= 11 is 0. The first-order valence-electron chi connectivity index (χ1n) is 11.8. The first-order valence-corrected chi connectivity index (χ1v) is 11.8. The Kier molecular flexibility index (Phi) is 7.91. The minimum absolute atomic E-state index is 0. The van der Waals surface area contributed by atoms with Gasteiger partial charge < -0.3 is 27.2 Å². The fourth-order valence-electron chi connectivity index (χ4n) is 4.26. The summed E-state index contributed by atoms with van der Waals surface area (Å²) in [6, 6.07) is 7.83. The molecule has 9 nitrogen and oxygen atoms in total. The van der Waals surface area contributed by atoms with E-state index in [1.807, 2.05) is 61.1 Å². The van der Waals surface area contributed by atoms with E-state index < -0.39 is 0 Å². The van der Waals surface area contributed by atoms with Gasteiger partial charge in [0, 0.05) is 31.6 Å². The van der Waals surface area contributed by atoms with E-state index in [1.165, 1.54) is 0 Å². The molecule has 0 bridgehead atoms. The van der Waals surface area contributed by atoms with E-state index in [2.05, 4.69) is 43.8 Å². The molecule has 0 radical (unpaired) electrons. The number of rotatable bonds is 9. The molecular weight excluding hydrogens is 645 g/mol. The summed E-state index contributed by atoms with van der Waals surface area (Å²) in [4.78, 5) is 28.1. The van der Waals surface area contributed by atoms with Crippen molar-refractivity contribution in [1.29, 1.82) is 0 Å². The third-order valence-electron chi connectivity index (χ3n) is 6.53. The number of nitrogens with one attached hydrogen (secondary N) is 2. The second kappa shape index (κ2) is 11.0. The Balaban J connectivity index is 0.00000320. The van der Waals surface area contributed by atoms with E-state index >= 15 is 0 Å². The molecule has 37 heavy (non-hydrogen) atoms. The zero-order valence-electron chi connectivity index (χ0n) is 21.0.